The van der Waals surface area contributed by atoms with Gasteiger partial charge in [0, 0.05) is 16.5 Å². The second-order valence-corrected chi connectivity index (χ2v) is 6.34. The van der Waals surface area contributed by atoms with E-state index in [2.05, 4.69) is 35.8 Å². The highest BCUT2D eigenvalue weighted by molar-refractivity contribution is 9.10. The maximum absolute atomic E-state index is 12.4. The van der Waals surface area contributed by atoms with Crippen molar-refractivity contribution in [1.82, 2.24) is 0 Å². The van der Waals surface area contributed by atoms with Crippen LogP contribution in [-0.2, 0) is 12.8 Å². The summed E-state index contributed by atoms with van der Waals surface area (Å²) in [5.74, 6) is 0.770. The predicted molar refractivity (Wildman–Crippen MR) is 87.2 cm³/mol. The van der Waals surface area contributed by atoms with E-state index < -0.39 is 0 Å². The number of rotatable bonds is 5. The minimum atomic E-state index is 0.169. The minimum Gasteiger partial charge on any atom is -0.294 e. The van der Waals surface area contributed by atoms with E-state index >= 15 is 0 Å². The van der Waals surface area contributed by atoms with Crippen molar-refractivity contribution in [3.8, 4) is 0 Å². The highest BCUT2D eigenvalue weighted by atomic mass is 79.9. The zero-order chi connectivity index (χ0) is 14.5. The van der Waals surface area contributed by atoms with Crippen LogP contribution < -0.4 is 0 Å². The Kier molecular flexibility index (Phi) is 5.13. The number of Topliss-reactive ketones (excluding diaryl/α,β-unsaturated/α-hetero) is 1. The molecule has 0 aliphatic carbocycles. The fourth-order valence-corrected chi connectivity index (χ4v) is 2.68. The number of carbonyl (C=O) groups is 1. The summed E-state index contributed by atoms with van der Waals surface area (Å²) in [6, 6.07) is 15.9. The largest absolute Gasteiger partial charge is 0.294 e. The summed E-state index contributed by atoms with van der Waals surface area (Å²) in [5, 5.41) is 0. The molecule has 2 heteroatoms. The van der Waals surface area contributed by atoms with Gasteiger partial charge >= 0.3 is 0 Å². The first-order valence-electron chi connectivity index (χ1n) is 6.92. The molecule has 0 aliphatic heterocycles. The lowest BCUT2D eigenvalue weighted by Crippen LogP contribution is -2.05. The van der Waals surface area contributed by atoms with E-state index in [9.17, 15) is 4.79 Å². The molecule has 2 rings (SSSR count). The lowest BCUT2D eigenvalue weighted by molar-refractivity contribution is 0.0992. The highest BCUT2D eigenvalue weighted by Crippen LogP contribution is 2.19. The maximum atomic E-state index is 12.4. The number of ketones is 1. The molecule has 20 heavy (non-hydrogen) atoms. The van der Waals surface area contributed by atoms with E-state index in [0.717, 1.165) is 22.0 Å². The monoisotopic (exact) mass is 330 g/mol. The molecule has 0 radical (unpaired) electrons. The Hall–Kier alpha value is -1.41. The van der Waals surface area contributed by atoms with Crippen LogP contribution in [0.2, 0.25) is 0 Å². The average Bonchev–Trinajstić information content (AvgIpc) is 2.41. The smallest absolute Gasteiger partial charge is 0.167 e. The van der Waals surface area contributed by atoms with Crippen molar-refractivity contribution in [3.63, 3.8) is 0 Å². The molecular weight excluding hydrogens is 312 g/mol. The first-order valence-corrected chi connectivity index (χ1v) is 7.71. The molecule has 0 aliphatic rings. The standard InChI is InChI=1S/C18H19BrO/c1-13(2)10-14-6-5-8-16(11-14)18(20)12-15-7-3-4-9-17(15)19/h3-9,11,13H,10,12H2,1-2H3. The minimum absolute atomic E-state index is 0.169. The Labute approximate surface area is 129 Å². The Bertz CT molecular complexity index is 602. The van der Waals surface area contributed by atoms with Gasteiger partial charge in [-0.1, -0.05) is 66.2 Å². The molecule has 2 aromatic rings. The highest BCUT2D eigenvalue weighted by Gasteiger charge is 2.10. The Morgan fingerprint density at radius 3 is 2.55 bits per heavy atom. The normalized spacial score (nSPS) is 10.8. The van der Waals surface area contributed by atoms with Crippen molar-refractivity contribution < 1.29 is 4.79 Å². The van der Waals surface area contributed by atoms with Crippen LogP contribution in [0.15, 0.2) is 53.0 Å². The van der Waals surface area contributed by atoms with Crippen LogP contribution in [-0.4, -0.2) is 5.78 Å². The lowest BCUT2D eigenvalue weighted by Gasteiger charge is -2.08. The maximum Gasteiger partial charge on any atom is 0.167 e. The molecule has 0 heterocycles. The molecule has 0 saturated heterocycles. The summed E-state index contributed by atoms with van der Waals surface area (Å²) < 4.78 is 0.992. The molecule has 1 nitrogen and oxygen atoms in total. The first kappa shape index (κ1) is 15.0. The van der Waals surface area contributed by atoms with Crippen LogP contribution in [0.3, 0.4) is 0 Å². The van der Waals surface area contributed by atoms with Gasteiger partial charge in [-0.05, 0) is 35.6 Å². The van der Waals surface area contributed by atoms with Gasteiger partial charge in [0.25, 0.3) is 0 Å². The average molecular weight is 331 g/mol. The Morgan fingerprint density at radius 1 is 1.10 bits per heavy atom. The van der Waals surface area contributed by atoms with E-state index in [-0.39, 0.29) is 5.78 Å². The fourth-order valence-electron chi connectivity index (χ4n) is 2.26. The zero-order valence-electron chi connectivity index (χ0n) is 11.9. The molecule has 0 aromatic heterocycles. The molecule has 0 atom stereocenters. The quantitative estimate of drug-likeness (QED) is 0.699. The predicted octanol–water partition coefficient (Wildman–Crippen LogP) is 5.07. The van der Waals surface area contributed by atoms with Crippen LogP contribution in [0.5, 0.6) is 0 Å². The molecule has 0 fully saturated rings. The van der Waals surface area contributed by atoms with Crippen molar-refractivity contribution in [2.45, 2.75) is 26.7 Å². The zero-order valence-corrected chi connectivity index (χ0v) is 13.5. The summed E-state index contributed by atoms with van der Waals surface area (Å²) >= 11 is 3.49. The third kappa shape index (κ3) is 4.04. The molecule has 0 unspecified atom stereocenters. The molecule has 0 amide bonds. The summed E-state index contributed by atoms with van der Waals surface area (Å²) in [6.45, 7) is 4.38. The van der Waals surface area contributed by atoms with E-state index in [4.69, 9.17) is 0 Å². The van der Waals surface area contributed by atoms with E-state index in [1.807, 2.05) is 42.5 Å². The van der Waals surface area contributed by atoms with E-state index in [1.54, 1.807) is 0 Å². The van der Waals surface area contributed by atoms with Crippen molar-refractivity contribution in [2.75, 3.05) is 0 Å². The number of carbonyl (C=O) groups excluding carboxylic acids is 1. The topological polar surface area (TPSA) is 17.1 Å². The van der Waals surface area contributed by atoms with Gasteiger partial charge in [0.15, 0.2) is 5.78 Å². The number of hydrogen-bond donors (Lipinski definition) is 0. The van der Waals surface area contributed by atoms with Gasteiger partial charge in [-0.15, -0.1) is 0 Å². The first-order chi connectivity index (χ1) is 9.56. The van der Waals surface area contributed by atoms with Gasteiger partial charge in [-0.25, -0.2) is 0 Å². The third-order valence-corrected chi connectivity index (χ3v) is 3.98. The van der Waals surface area contributed by atoms with Crippen LogP contribution in [0.25, 0.3) is 0 Å². The van der Waals surface area contributed by atoms with Crippen molar-refractivity contribution >= 4 is 21.7 Å². The summed E-state index contributed by atoms with van der Waals surface area (Å²) in [6.07, 6.45) is 1.45. The summed E-state index contributed by atoms with van der Waals surface area (Å²) in [4.78, 5) is 12.4. The van der Waals surface area contributed by atoms with E-state index in [1.165, 1.54) is 5.56 Å². The molecule has 0 N–H and O–H groups in total. The summed E-state index contributed by atoms with van der Waals surface area (Å²) in [7, 11) is 0. The Balaban J connectivity index is 2.15. The van der Waals surface area contributed by atoms with Gasteiger partial charge in [0.1, 0.15) is 0 Å². The van der Waals surface area contributed by atoms with Crippen LogP contribution in [0.4, 0.5) is 0 Å². The van der Waals surface area contributed by atoms with Crippen LogP contribution in [0.1, 0.15) is 35.3 Å². The van der Waals surface area contributed by atoms with Crippen LogP contribution >= 0.6 is 15.9 Å². The number of hydrogen-bond acceptors (Lipinski definition) is 1. The SMILES string of the molecule is CC(C)Cc1cccc(C(=O)Cc2ccccc2Br)c1. The van der Waals surface area contributed by atoms with Crippen LogP contribution in [0, 0.1) is 5.92 Å². The van der Waals surface area contributed by atoms with Crippen molar-refractivity contribution in [2.24, 2.45) is 5.92 Å². The number of halogens is 1. The molecule has 0 saturated carbocycles. The van der Waals surface area contributed by atoms with Gasteiger partial charge < -0.3 is 0 Å². The summed E-state index contributed by atoms with van der Waals surface area (Å²) in [5.41, 5.74) is 3.07. The van der Waals surface area contributed by atoms with E-state index in [0.29, 0.717) is 12.3 Å². The fraction of sp³-hybridized carbons (Fsp3) is 0.278. The molecule has 104 valence electrons. The second-order valence-electron chi connectivity index (χ2n) is 5.49. The molecule has 0 spiro atoms. The van der Waals surface area contributed by atoms with Gasteiger partial charge in [0.05, 0.1) is 0 Å². The number of benzene rings is 2. The van der Waals surface area contributed by atoms with Crippen molar-refractivity contribution in [3.05, 3.63) is 69.7 Å². The molecule has 2 aromatic carbocycles. The Morgan fingerprint density at radius 2 is 1.85 bits per heavy atom. The lowest BCUT2D eigenvalue weighted by atomic mass is 9.97. The molecular formula is C18H19BrO. The second kappa shape index (κ2) is 6.85. The molecule has 0 bridgehead atoms. The van der Waals surface area contributed by atoms with Gasteiger partial charge in [-0.2, -0.15) is 0 Å². The van der Waals surface area contributed by atoms with Crippen molar-refractivity contribution in [1.29, 1.82) is 0 Å². The third-order valence-electron chi connectivity index (χ3n) is 3.20. The van der Waals surface area contributed by atoms with Gasteiger partial charge in [0.2, 0.25) is 0 Å². The van der Waals surface area contributed by atoms with Gasteiger partial charge in [-0.3, -0.25) is 4.79 Å².